The fourth-order valence-electron chi connectivity index (χ4n) is 8.98. The second kappa shape index (κ2) is 12.9. The van der Waals surface area contributed by atoms with E-state index in [0.29, 0.717) is 5.84 Å². The first-order valence-electron chi connectivity index (χ1n) is 19.7. The Balaban J connectivity index is 1.04. The maximum Gasteiger partial charge on any atom is 0.159 e. The summed E-state index contributed by atoms with van der Waals surface area (Å²) >= 11 is 0. The van der Waals surface area contributed by atoms with E-state index in [4.69, 9.17) is 14.4 Å². The van der Waals surface area contributed by atoms with Crippen molar-refractivity contribution in [3.63, 3.8) is 0 Å². The van der Waals surface area contributed by atoms with Crippen molar-refractivity contribution in [1.82, 2.24) is 9.88 Å². The van der Waals surface area contributed by atoms with Crippen molar-refractivity contribution in [3.8, 4) is 16.8 Å². The van der Waals surface area contributed by atoms with Gasteiger partial charge in [-0.25, -0.2) is 9.98 Å². The van der Waals surface area contributed by atoms with Crippen LogP contribution < -0.4 is 5.32 Å². The molecule has 2 aromatic heterocycles. The summed E-state index contributed by atoms with van der Waals surface area (Å²) in [5.74, 6) is 1.44. The van der Waals surface area contributed by atoms with E-state index in [1.807, 2.05) is 30.3 Å². The SMILES string of the molecule is c1ccc(C2=NC(c3ccc4ccccc4c3)NC(c3cccc4oc5cc(-n6c7ccccc7c7c(-c8ccccc8)c8ccccc8cc76)ccc5c34)=N2)cc1. The number of furan rings is 1. The first-order chi connectivity index (χ1) is 28.7. The highest BCUT2D eigenvalue weighted by Crippen LogP contribution is 2.44. The molecule has 0 radical (unpaired) electrons. The molecule has 0 bridgehead atoms. The summed E-state index contributed by atoms with van der Waals surface area (Å²) in [7, 11) is 0. The highest BCUT2D eigenvalue weighted by atomic mass is 16.3. The maximum absolute atomic E-state index is 6.75. The third-order valence-electron chi connectivity index (χ3n) is 11.6. The van der Waals surface area contributed by atoms with E-state index in [1.54, 1.807) is 0 Å². The smallest absolute Gasteiger partial charge is 0.159 e. The van der Waals surface area contributed by atoms with Crippen molar-refractivity contribution in [2.24, 2.45) is 9.98 Å². The zero-order chi connectivity index (χ0) is 38.2. The topological polar surface area (TPSA) is 54.8 Å². The second-order valence-electron chi connectivity index (χ2n) is 15.0. The Morgan fingerprint density at radius 2 is 1.21 bits per heavy atom. The number of nitrogens with one attached hydrogen (secondary N) is 1. The average Bonchev–Trinajstić information content (AvgIpc) is 3.83. The lowest BCUT2D eigenvalue weighted by atomic mass is 9.93. The van der Waals surface area contributed by atoms with Gasteiger partial charge >= 0.3 is 0 Å². The van der Waals surface area contributed by atoms with Crippen LogP contribution in [0.25, 0.3) is 82.1 Å². The van der Waals surface area contributed by atoms with E-state index in [2.05, 4.69) is 174 Å². The number of para-hydroxylation sites is 1. The van der Waals surface area contributed by atoms with Crippen LogP contribution in [0.3, 0.4) is 0 Å². The summed E-state index contributed by atoms with van der Waals surface area (Å²) in [4.78, 5) is 10.4. The van der Waals surface area contributed by atoms with Gasteiger partial charge in [0.15, 0.2) is 5.84 Å². The molecule has 0 aliphatic carbocycles. The number of benzene rings is 9. The summed E-state index contributed by atoms with van der Waals surface area (Å²) in [5.41, 5.74) is 10.4. The van der Waals surface area contributed by atoms with Crippen LogP contribution in [-0.2, 0) is 0 Å². The van der Waals surface area contributed by atoms with Crippen molar-refractivity contribution in [2.45, 2.75) is 6.17 Å². The third-order valence-corrected chi connectivity index (χ3v) is 11.6. The fraction of sp³-hybridized carbons (Fsp3) is 0.0189. The summed E-state index contributed by atoms with van der Waals surface area (Å²) in [5, 5.41) is 13.0. The van der Waals surface area contributed by atoms with Crippen molar-refractivity contribution in [1.29, 1.82) is 0 Å². The number of hydrogen-bond acceptors (Lipinski definition) is 4. The number of hydrogen-bond donors (Lipinski definition) is 1. The quantitative estimate of drug-likeness (QED) is 0.191. The van der Waals surface area contributed by atoms with Crippen molar-refractivity contribution >= 4 is 77.0 Å². The van der Waals surface area contributed by atoms with Gasteiger partial charge in [0.05, 0.1) is 11.0 Å². The summed E-state index contributed by atoms with van der Waals surface area (Å²) in [6.45, 7) is 0. The summed E-state index contributed by atoms with van der Waals surface area (Å²) in [6.07, 6.45) is -0.334. The molecule has 5 heteroatoms. The molecule has 0 saturated carbocycles. The predicted octanol–water partition coefficient (Wildman–Crippen LogP) is 13.2. The molecule has 0 amide bonds. The number of aromatic nitrogens is 1. The van der Waals surface area contributed by atoms with Crippen LogP contribution in [-0.4, -0.2) is 16.2 Å². The number of aliphatic imine (C=N–C) groups is 2. The van der Waals surface area contributed by atoms with Crippen molar-refractivity contribution < 1.29 is 4.42 Å². The van der Waals surface area contributed by atoms with Crippen LogP contribution in [0.2, 0.25) is 0 Å². The number of nitrogens with zero attached hydrogens (tertiary/aromatic N) is 3. The Kier molecular flexibility index (Phi) is 7.23. The first kappa shape index (κ1) is 32.5. The van der Waals surface area contributed by atoms with Crippen LogP contribution in [0.1, 0.15) is 22.9 Å². The van der Waals surface area contributed by atoms with Crippen LogP contribution in [0.15, 0.2) is 209 Å². The van der Waals surface area contributed by atoms with Gasteiger partial charge in [-0.05, 0) is 74.6 Å². The minimum absolute atomic E-state index is 0.334. The highest BCUT2D eigenvalue weighted by Gasteiger charge is 2.25. The van der Waals surface area contributed by atoms with E-state index in [9.17, 15) is 0 Å². The largest absolute Gasteiger partial charge is 0.456 e. The molecule has 1 N–H and O–H groups in total. The molecule has 58 heavy (non-hydrogen) atoms. The fourth-order valence-corrected chi connectivity index (χ4v) is 8.98. The molecule has 5 nitrogen and oxygen atoms in total. The number of amidine groups is 2. The third kappa shape index (κ3) is 5.10. The van der Waals surface area contributed by atoms with E-state index in [1.165, 1.54) is 43.4 Å². The molecule has 1 aliphatic rings. The first-order valence-corrected chi connectivity index (χ1v) is 19.7. The van der Waals surface area contributed by atoms with Gasteiger partial charge in [-0.15, -0.1) is 0 Å². The van der Waals surface area contributed by atoms with Crippen LogP contribution in [0.5, 0.6) is 0 Å². The lowest BCUT2D eigenvalue weighted by Crippen LogP contribution is -2.33. The predicted molar refractivity (Wildman–Crippen MR) is 240 cm³/mol. The van der Waals surface area contributed by atoms with Gasteiger partial charge in [-0.3, -0.25) is 0 Å². The summed E-state index contributed by atoms with van der Waals surface area (Å²) < 4.78 is 9.14. The molecule has 1 aliphatic heterocycles. The van der Waals surface area contributed by atoms with Gasteiger partial charge in [0.1, 0.15) is 23.2 Å². The molecule has 1 unspecified atom stereocenters. The highest BCUT2D eigenvalue weighted by molar-refractivity contribution is 6.24. The molecule has 0 spiro atoms. The van der Waals surface area contributed by atoms with Crippen LogP contribution in [0.4, 0.5) is 0 Å². The van der Waals surface area contributed by atoms with Gasteiger partial charge in [0.25, 0.3) is 0 Å². The molecular formula is C53H34N4O. The molecule has 0 saturated heterocycles. The minimum atomic E-state index is -0.334. The number of rotatable bonds is 5. The standard InChI is InChI=1S/C53H34N4O/c1-3-15-34(16-4-1)48-40-21-10-9-20-37(40)31-45-50(48)41-22-11-12-24-44(41)57(45)39-28-29-42-47(32-39)58-46-25-13-23-43(49(42)46)53-55-51(35-17-5-2-6-18-35)54-52(56-53)38-27-26-33-14-7-8-19-36(33)30-38/h1-32,52H,(H,54,55,56). The molecule has 272 valence electrons. The van der Waals surface area contributed by atoms with Crippen molar-refractivity contribution in [2.75, 3.05) is 0 Å². The maximum atomic E-state index is 6.75. The number of fused-ring (bicyclic) bond motifs is 8. The molecule has 0 fully saturated rings. The van der Waals surface area contributed by atoms with E-state index in [-0.39, 0.29) is 6.17 Å². The normalized spacial score (nSPS) is 14.4. The molecule has 12 rings (SSSR count). The van der Waals surface area contributed by atoms with E-state index < -0.39 is 0 Å². The molecule has 9 aromatic carbocycles. The Bertz CT molecular complexity index is 3480. The lowest BCUT2D eigenvalue weighted by Gasteiger charge is -2.24. The van der Waals surface area contributed by atoms with Gasteiger partial charge in [-0.1, -0.05) is 152 Å². The summed E-state index contributed by atoms with van der Waals surface area (Å²) in [6, 6.07) is 68.6. The Hall–Kier alpha value is -7.76. The second-order valence-corrected chi connectivity index (χ2v) is 15.0. The monoisotopic (exact) mass is 742 g/mol. The molecule has 11 aromatic rings. The van der Waals surface area contributed by atoms with Crippen LogP contribution in [0, 0.1) is 0 Å². The minimum Gasteiger partial charge on any atom is -0.456 e. The Morgan fingerprint density at radius 1 is 0.483 bits per heavy atom. The van der Waals surface area contributed by atoms with Gasteiger partial charge in [0.2, 0.25) is 0 Å². The van der Waals surface area contributed by atoms with Gasteiger partial charge in [-0.2, -0.15) is 0 Å². The molecular weight excluding hydrogens is 709 g/mol. The Labute approximate surface area is 333 Å². The lowest BCUT2D eigenvalue weighted by molar-refractivity contribution is 0.667. The zero-order valence-electron chi connectivity index (χ0n) is 31.3. The van der Waals surface area contributed by atoms with Gasteiger partial charge in [0, 0.05) is 44.4 Å². The molecule has 3 heterocycles. The average molecular weight is 743 g/mol. The van der Waals surface area contributed by atoms with Crippen molar-refractivity contribution in [3.05, 3.63) is 211 Å². The zero-order valence-corrected chi connectivity index (χ0v) is 31.3. The van der Waals surface area contributed by atoms with Gasteiger partial charge < -0.3 is 14.3 Å². The van der Waals surface area contributed by atoms with E-state index >= 15 is 0 Å². The Morgan fingerprint density at radius 3 is 2.05 bits per heavy atom. The van der Waals surface area contributed by atoms with E-state index in [0.717, 1.165) is 61.2 Å². The molecule has 1 atom stereocenters. The van der Waals surface area contributed by atoms with Crippen LogP contribution >= 0.6 is 0 Å².